The highest BCUT2D eigenvalue weighted by molar-refractivity contribution is 7.93. The van der Waals surface area contributed by atoms with Gasteiger partial charge in [0.15, 0.2) is 5.76 Å². The summed E-state index contributed by atoms with van der Waals surface area (Å²) >= 11 is 5.96. The molecule has 1 atom stereocenters. The third kappa shape index (κ3) is 4.26. The van der Waals surface area contributed by atoms with Gasteiger partial charge in [0, 0.05) is 18.7 Å². The summed E-state index contributed by atoms with van der Waals surface area (Å²) in [4.78, 5) is 4.21. The lowest BCUT2D eigenvalue weighted by atomic mass is 10.1. The molecule has 13 heteroatoms. The van der Waals surface area contributed by atoms with Crippen LogP contribution < -0.4 is 18.9 Å². The van der Waals surface area contributed by atoms with Gasteiger partial charge in [-0.05, 0) is 24.3 Å². The molecule has 0 unspecified atom stereocenters. The van der Waals surface area contributed by atoms with E-state index in [9.17, 15) is 8.42 Å². The van der Waals surface area contributed by atoms with E-state index in [0.29, 0.717) is 39.4 Å². The van der Waals surface area contributed by atoms with Crippen LogP contribution in [0, 0.1) is 0 Å². The summed E-state index contributed by atoms with van der Waals surface area (Å²) in [5.41, 5.74) is 0.897. The first-order valence-corrected chi connectivity index (χ1v) is 12.3. The van der Waals surface area contributed by atoms with Crippen molar-refractivity contribution in [2.75, 3.05) is 25.5 Å². The number of ether oxygens (including phenoxy) is 3. The lowest BCUT2D eigenvalue weighted by Gasteiger charge is -2.25. The molecule has 0 bridgehead atoms. The average molecular weight is 518 g/mol. The number of hydrogen-bond donors (Lipinski definition) is 1. The lowest BCUT2D eigenvalue weighted by Crippen LogP contribution is -2.38. The zero-order valence-corrected chi connectivity index (χ0v) is 20.2. The Kier molecular flexibility index (Phi) is 5.99. The predicted octanol–water partition coefficient (Wildman–Crippen LogP) is 3.34. The van der Waals surface area contributed by atoms with Gasteiger partial charge in [0.25, 0.3) is 0 Å². The van der Waals surface area contributed by atoms with Gasteiger partial charge >= 0.3 is 0 Å². The molecule has 1 aliphatic rings. The number of anilines is 1. The predicted molar refractivity (Wildman–Crippen MR) is 127 cm³/mol. The molecule has 0 aliphatic carbocycles. The van der Waals surface area contributed by atoms with Crippen LogP contribution >= 0.6 is 11.6 Å². The Labute approximate surface area is 205 Å². The number of fused-ring (bicyclic) bond motifs is 1. The molecule has 11 nitrogen and oxygen atoms in total. The van der Waals surface area contributed by atoms with E-state index in [1.807, 2.05) is 0 Å². The molecule has 4 heterocycles. The van der Waals surface area contributed by atoms with Crippen LogP contribution in [0.4, 0.5) is 5.95 Å². The van der Waals surface area contributed by atoms with Crippen LogP contribution in [0.3, 0.4) is 0 Å². The van der Waals surface area contributed by atoms with Gasteiger partial charge in [-0.2, -0.15) is 0 Å². The van der Waals surface area contributed by atoms with Gasteiger partial charge in [-0.25, -0.2) is 8.42 Å². The van der Waals surface area contributed by atoms with E-state index in [0.717, 1.165) is 0 Å². The van der Waals surface area contributed by atoms with Gasteiger partial charge < -0.3 is 18.6 Å². The molecule has 182 valence electrons. The fraction of sp³-hybridized carbons (Fsp3) is 0.227. The van der Waals surface area contributed by atoms with E-state index in [2.05, 4.69) is 19.9 Å². The minimum atomic E-state index is -4.00. The number of methoxy groups -OCH3 is 2. The Hall–Kier alpha value is -3.77. The highest BCUT2D eigenvalue weighted by Crippen LogP contribution is 2.38. The highest BCUT2D eigenvalue weighted by Gasteiger charge is 2.34. The van der Waals surface area contributed by atoms with Crippen LogP contribution in [-0.2, 0) is 16.4 Å². The molecule has 0 saturated heterocycles. The van der Waals surface area contributed by atoms with E-state index < -0.39 is 15.3 Å². The monoisotopic (exact) mass is 517 g/mol. The minimum absolute atomic E-state index is 0.0749. The summed E-state index contributed by atoms with van der Waals surface area (Å²) in [6, 6.07) is 10.2. The number of para-hydroxylation sites is 1. The average Bonchev–Trinajstić information content (AvgIpc) is 3.53. The van der Waals surface area contributed by atoms with Crippen LogP contribution in [0.15, 0.2) is 53.3 Å². The molecule has 0 fully saturated rings. The third-order valence-corrected chi connectivity index (χ3v) is 7.30. The molecular weight excluding hydrogens is 498 g/mol. The first-order chi connectivity index (χ1) is 16.9. The quantitative estimate of drug-likeness (QED) is 0.392. The third-order valence-electron chi connectivity index (χ3n) is 5.45. The summed E-state index contributed by atoms with van der Waals surface area (Å²) in [7, 11) is -1.01. The van der Waals surface area contributed by atoms with Gasteiger partial charge in [-0.1, -0.05) is 17.7 Å². The van der Waals surface area contributed by atoms with Crippen molar-refractivity contribution in [1.82, 2.24) is 19.7 Å². The Morgan fingerprint density at radius 1 is 1.14 bits per heavy atom. The molecule has 5 rings (SSSR count). The molecule has 1 aliphatic heterocycles. The number of hydrogen-bond acceptors (Lipinski definition) is 9. The number of rotatable bonds is 7. The standard InChI is InChI=1S/C22H20ClN5O6S/c1-31-16-5-3-6-17(32-2)20(16)28-21(18-7-4-8-33-18)25-26-22(28)27-35(29,30)14-10-15-19(34-12-14)9-13(23)11-24-15/h3-9,11,14H,10,12H2,1-2H3,(H,26,27)/t14-/m1/s1. The van der Waals surface area contributed by atoms with Gasteiger partial charge in [0.05, 0.1) is 31.2 Å². The van der Waals surface area contributed by atoms with E-state index in [-0.39, 0.29) is 24.8 Å². The SMILES string of the molecule is COc1cccc(OC)c1-n1c(NS(=O)(=O)[C@H]2COc3cc(Cl)cnc3C2)nnc1-c1ccco1. The maximum Gasteiger partial charge on any atom is 0.243 e. The van der Waals surface area contributed by atoms with Crippen LogP contribution in [-0.4, -0.2) is 54.2 Å². The van der Waals surface area contributed by atoms with Gasteiger partial charge in [-0.15, -0.1) is 10.2 Å². The molecule has 0 spiro atoms. The van der Waals surface area contributed by atoms with E-state index in [1.54, 1.807) is 36.4 Å². The van der Waals surface area contributed by atoms with Crippen molar-refractivity contribution >= 4 is 27.6 Å². The number of pyridine rings is 1. The van der Waals surface area contributed by atoms with Crippen molar-refractivity contribution < 1.29 is 27.0 Å². The number of nitrogens with zero attached hydrogens (tertiary/aromatic N) is 4. The Bertz CT molecular complexity index is 1450. The normalized spacial score (nSPS) is 15.2. The maximum absolute atomic E-state index is 13.4. The van der Waals surface area contributed by atoms with Crippen molar-refractivity contribution in [3.63, 3.8) is 0 Å². The summed E-state index contributed by atoms with van der Waals surface area (Å²) in [5.74, 6) is 1.82. The minimum Gasteiger partial charge on any atom is -0.494 e. The van der Waals surface area contributed by atoms with Gasteiger partial charge in [0.2, 0.25) is 21.8 Å². The number of nitrogens with one attached hydrogen (secondary N) is 1. The number of aromatic nitrogens is 4. The molecule has 0 radical (unpaired) electrons. The number of sulfonamides is 1. The molecular formula is C22H20ClN5O6S. The van der Waals surface area contributed by atoms with Crippen molar-refractivity contribution in [2.45, 2.75) is 11.7 Å². The summed E-state index contributed by atoms with van der Waals surface area (Å²) < 4.78 is 53.1. The smallest absolute Gasteiger partial charge is 0.243 e. The molecule has 1 N–H and O–H groups in total. The van der Waals surface area contributed by atoms with Crippen molar-refractivity contribution in [3.05, 3.63) is 59.6 Å². The van der Waals surface area contributed by atoms with Crippen LogP contribution in [0.1, 0.15) is 5.69 Å². The Morgan fingerprint density at radius 3 is 2.60 bits per heavy atom. The molecule has 1 aromatic carbocycles. The van der Waals surface area contributed by atoms with Crippen LogP contribution in [0.25, 0.3) is 17.3 Å². The van der Waals surface area contributed by atoms with Crippen molar-refractivity contribution in [2.24, 2.45) is 0 Å². The number of benzene rings is 1. The second-order valence-electron chi connectivity index (χ2n) is 7.55. The fourth-order valence-electron chi connectivity index (χ4n) is 3.77. The zero-order valence-electron chi connectivity index (χ0n) is 18.6. The molecule has 4 aromatic rings. The fourth-order valence-corrected chi connectivity index (χ4v) is 5.10. The zero-order chi connectivity index (χ0) is 24.6. The molecule has 0 saturated carbocycles. The van der Waals surface area contributed by atoms with E-state index >= 15 is 0 Å². The maximum atomic E-state index is 13.4. The van der Waals surface area contributed by atoms with Crippen molar-refractivity contribution in [3.8, 4) is 34.5 Å². The second-order valence-corrected chi connectivity index (χ2v) is 9.95. The molecule has 35 heavy (non-hydrogen) atoms. The lowest BCUT2D eigenvalue weighted by molar-refractivity contribution is 0.286. The first kappa shape index (κ1) is 23.0. The summed E-state index contributed by atoms with van der Waals surface area (Å²) in [6.45, 7) is -0.0818. The second kappa shape index (κ2) is 9.12. The number of halogens is 1. The van der Waals surface area contributed by atoms with E-state index in [4.69, 9.17) is 30.2 Å². The topological polar surface area (TPSA) is 131 Å². The van der Waals surface area contributed by atoms with Crippen LogP contribution in [0.2, 0.25) is 5.02 Å². The summed E-state index contributed by atoms with van der Waals surface area (Å²) in [6.07, 6.45) is 3.07. The Morgan fingerprint density at radius 2 is 1.91 bits per heavy atom. The molecule has 3 aromatic heterocycles. The summed E-state index contributed by atoms with van der Waals surface area (Å²) in [5, 5.41) is 7.78. The first-order valence-electron chi connectivity index (χ1n) is 10.4. The molecule has 0 amide bonds. The van der Waals surface area contributed by atoms with Gasteiger partial charge in [-0.3, -0.25) is 14.3 Å². The van der Waals surface area contributed by atoms with E-state index in [1.165, 1.54) is 31.2 Å². The largest absolute Gasteiger partial charge is 0.494 e. The number of furan rings is 1. The highest BCUT2D eigenvalue weighted by atomic mass is 35.5. The Balaban J connectivity index is 1.57. The van der Waals surface area contributed by atoms with Crippen LogP contribution in [0.5, 0.6) is 17.2 Å². The van der Waals surface area contributed by atoms with Gasteiger partial charge in [0.1, 0.15) is 34.8 Å². The van der Waals surface area contributed by atoms with Crippen molar-refractivity contribution in [1.29, 1.82) is 0 Å².